The molecule has 0 radical (unpaired) electrons. The molecule has 1 N–H and O–H groups in total. The second-order valence-electron chi connectivity index (χ2n) is 5.36. The minimum atomic E-state index is -0.567. The lowest BCUT2D eigenvalue weighted by Crippen LogP contribution is -2.21. The maximum Gasteiger partial charge on any atom is 0.341 e. The van der Waals surface area contributed by atoms with E-state index >= 15 is 0 Å². The van der Waals surface area contributed by atoms with Crippen molar-refractivity contribution in [2.24, 2.45) is 0 Å². The molecule has 24 heavy (non-hydrogen) atoms. The SMILES string of the molecule is CC/C=C/C(=O)OCC(=O)Nc1scc(C2CC2)c1C(=O)OCC. The molecule has 130 valence electrons. The van der Waals surface area contributed by atoms with E-state index in [1.807, 2.05) is 12.3 Å². The summed E-state index contributed by atoms with van der Waals surface area (Å²) in [6.45, 7) is 3.50. The van der Waals surface area contributed by atoms with Crippen molar-refractivity contribution in [3.8, 4) is 0 Å². The number of allylic oxidation sites excluding steroid dienone is 1. The average molecular weight is 351 g/mol. The Labute approximate surface area is 144 Å². The van der Waals surface area contributed by atoms with Crippen LogP contribution in [0.15, 0.2) is 17.5 Å². The molecule has 0 saturated heterocycles. The van der Waals surface area contributed by atoms with E-state index in [9.17, 15) is 14.4 Å². The molecule has 1 aromatic heterocycles. The van der Waals surface area contributed by atoms with Crippen LogP contribution in [0.25, 0.3) is 0 Å². The van der Waals surface area contributed by atoms with E-state index in [1.165, 1.54) is 17.4 Å². The van der Waals surface area contributed by atoms with Crippen molar-refractivity contribution < 1.29 is 23.9 Å². The highest BCUT2D eigenvalue weighted by molar-refractivity contribution is 7.15. The molecule has 1 amide bonds. The number of hydrogen-bond donors (Lipinski definition) is 1. The Morgan fingerprint density at radius 3 is 2.67 bits per heavy atom. The van der Waals surface area contributed by atoms with Crippen molar-refractivity contribution in [1.82, 2.24) is 0 Å². The van der Waals surface area contributed by atoms with Gasteiger partial charge in [0.15, 0.2) is 6.61 Å². The van der Waals surface area contributed by atoms with E-state index in [4.69, 9.17) is 9.47 Å². The number of esters is 2. The van der Waals surface area contributed by atoms with E-state index < -0.39 is 24.5 Å². The number of hydrogen-bond acceptors (Lipinski definition) is 6. The highest BCUT2D eigenvalue weighted by atomic mass is 32.1. The van der Waals surface area contributed by atoms with Gasteiger partial charge in [0.1, 0.15) is 5.00 Å². The summed E-state index contributed by atoms with van der Waals surface area (Å²) in [5.41, 5.74) is 1.35. The van der Waals surface area contributed by atoms with Crippen molar-refractivity contribution >= 4 is 34.2 Å². The zero-order valence-corrected chi connectivity index (χ0v) is 14.6. The van der Waals surface area contributed by atoms with E-state index in [-0.39, 0.29) is 6.61 Å². The number of ether oxygens (including phenoxy) is 2. The van der Waals surface area contributed by atoms with Crippen LogP contribution >= 0.6 is 11.3 Å². The third-order valence-electron chi connectivity index (χ3n) is 3.40. The van der Waals surface area contributed by atoms with Gasteiger partial charge in [-0.15, -0.1) is 11.3 Å². The number of nitrogens with one attached hydrogen (secondary N) is 1. The van der Waals surface area contributed by atoms with Crippen LogP contribution in [0, 0.1) is 0 Å². The molecule has 0 spiro atoms. The molecule has 1 fully saturated rings. The average Bonchev–Trinajstić information content (AvgIpc) is 3.32. The number of carbonyl (C=O) groups excluding carboxylic acids is 3. The zero-order chi connectivity index (χ0) is 17.5. The molecular formula is C17H21NO5S. The molecule has 0 atom stereocenters. The topological polar surface area (TPSA) is 81.7 Å². The molecule has 7 heteroatoms. The summed E-state index contributed by atoms with van der Waals surface area (Å²) >= 11 is 1.29. The van der Waals surface area contributed by atoms with Gasteiger partial charge in [-0.25, -0.2) is 9.59 Å². The van der Waals surface area contributed by atoms with Crippen LogP contribution in [-0.2, 0) is 19.1 Å². The first-order valence-corrected chi connectivity index (χ1v) is 8.86. The maximum absolute atomic E-state index is 12.2. The predicted molar refractivity (Wildman–Crippen MR) is 91.3 cm³/mol. The molecule has 1 saturated carbocycles. The monoisotopic (exact) mass is 351 g/mol. The molecule has 0 bridgehead atoms. The molecule has 1 aliphatic carbocycles. The number of carbonyl (C=O) groups is 3. The number of thiophene rings is 1. The van der Waals surface area contributed by atoms with Crippen LogP contribution in [0.4, 0.5) is 5.00 Å². The Bertz CT molecular complexity index is 645. The van der Waals surface area contributed by atoms with Crippen LogP contribution in [0.1, 0.15) is 54.9 Å². The molecule has 1 heterocycles. The fraction of sp³-hybridized carbons (Fsp3) is 0.471. The first kappa shape index (κ1) is 18.2. The zero-order valence-electron chi connectivity index (χ0n) is 13.8. The fourth-order valence-electron chi connectivity index (χ4n) is 2.13. The fourth-order valence-corrected chi connectivity index (χ4v) is 3.18. The van der Waals surface area contributed by atoms with Gasteiger partial charge in [-0.1, -0.05) is 13.0 Å². The van der Waals surface area contributed by atoms with Gasteiger partial charge in [-0.3, -0.25) is 4.79 Å². The molecule has 0 unspecified atom stereocenters. The van der Waals surface area contributed by atoms with Crippen molar-refractivity contribution in [3.05, 3.63) is 28.7 Å². The van der Waals surface area contributed by atoms with E-state index in [2.05, 4.69) is 5.32 Å². The minimum absolute atomic E-state index is 0.271. The Morgan fingerprint density at radius 1 is 1.29 bits per heavy atom. The van der Waals surface area contributed by atoms with E-state index in [0.717, 1.165) is 18.4 Å². The number of rotatable bonds is 8. The number of amides is 1. The third-order valence-corrected chi connectivity index (χ3v) is 4.32. The summed E-state index contributed by atoms with van der Waals surface area (Å²) in [5.74, 6) is -1.12. The summed E-state index contributed by atoms with van der Waals surface area (Å²) in [6.07, 6.45) is 5.73. The van der Waals surface area contributed by atoms with Gasteiger partial charge in [0.05, 0.1) is 12.2 Å². The second kappa shape index (κ2) is 8.63. The van der Waals surface area contributed by atoms with Gasteiger partial charge in [0.25, 0.3) is 5.91 Å². The first-order valence-electron chi connectivity index (χ1n) is 7.98. The molecule has 1 aromatic rings. The lowest BCUT2D eigenvalue weighted by molar-refractivity contribution is -0.142. The molecule has 0 aromatic carbocycles. The third kappa shape index (κ3) is 4.92. The highest BCUT2D eigenvalue weighted by Crippen LogP contribution is 2.46. The van der Waals surface area contributed by atoms with E-state index in [0.29, 0.717) is 22.9 Å². The summed E-state index contributed by atoms with van der Waals surface area (Å²) in [4.78, 5) is 35.5. The normalized spacial score (nSPS) is 13.8. The smallest absolute Gasteiger partial charge is 0.341 e. The first-order chi connectivity index (χ1) is 11.6. The molecule has 1 aliphatic rings. The minimum Gasteiger partial charge on any atom is -0.462 e. The summed E-state index contributed by atoms with van der Waals surface area (Å²) < 4.78 is 9.93. The van der Waals surface area contributed by atoms with Crippen LogP contribution in [0.2, 0.25) is 0 Å². The highest BCUT2D eigenvalue weighted by Gasteiger charge is 2.32. The predicted octanol–water partition coefficient (Wildman–Crippen LogP) is 3.25. The van der Waals surface area contributed by atoms with Gasteiger partial charge < -0.3 is 14.8 Å². The molecule has 2 rings (SSSR count). The standard InChI is InChI=1S/C17H21NO5S/c1-3-5-6-14(20)23-9-13(19)18-16-15(17(21)22-4-2)12(10-24-16)11-7-8-11/h5-6,10-11H,3-4,7-9H2,1-2H3,(H,18,19)/b6-5+. The quantitative estimate of drug-likeness (QED) is 0.574. The van der Waals surface area contributed by atoms with Crippen molar-refractivity contribution in [3.63, 3.8) is 0 Å². The van der Waals surface area contributed by atoms with Gasteiger partial charge in [0.2, 0.25) is 0 Å². The number of anilines is 1. The summed E-state index contributed by atoms with van der Waals surface area (Å²) in [5, 5.41) is 4.97. The Balaban J connectivity index is 2.01. The van der Waals surface area contributed by atoms with Crippen molar-refractivity contribution in [2.75, 3.05) is 18.5 Å². The maximum atomic E-state index is 12.2. The Morgan fingerprint density at radius 2 is 2.04 bits per heavy atom. The summed E-state index contributed by atoms with van der Waals surface area (Å²) in [7, 11) is 0. The van der Waals surface area contributed by atoms with Gasteiger partial charge >= 0.3 is 11.9 Å². The lowest BCUT2D eigenvalue weighted by atomic mass is 10.1. The van der Waals surface area contributed by atoms with E-state index in [1.54, 1.807) is 13.0 Å². The molecule has 6 nitrogen and oxygen atoms in total. The second-order valence-corrected chi connectivity index (χ2v) is 6.24. The Kier molecular flexibility index (Phi) is 6.54. The largest absolute Gasteiger partial charge is 0.462 e. The van der Waals surface area contributed by atoms with Crippen LogP contribution < -0.4 is 5.32 Å². The Hall–Kier alpha value is -2.15. The van der Waals surface area contributed by atoms with Crippen LogP contribution in [0.3, 0.4) is 0 Å². The van der Waals surface area contributed by atoms with Crippen molar-refractivity contribution in [2.45, 2.75) is 39.0 Å². The van der Waals surface area contributed by atoms with Gasteiger partial charge in [-0.05, 0) is 43.0 Å². The summed E-state index contributed by atoms with van der Waals surface area (Å²) in [6, 6.07) is 0. The van der Waals surface area contributed by atoms with Gasteiger partial charge in [0, 0.05) is 6.08 Å². The lowest BCUT2D eigenvalue weighted by Gasteiger charge is -2.08. The van der Waals surface area contributed by atoms with Crippen LogP contribution in [-0.4, -0.2) is 31.1 Å². The molecular weight excluding hydrogens is 330 g/mol. The molecule has 0 aliphatic heterocycles. The van der Waals surface area contributed by atoms with Crippen LogP contribution in [0.5, 0.6) is 0 Å². The van der Waals surface area contributed by atoms with Gasteiger partial charge in [-0.2, -0.15) is 0 Å². The van der Waals surface area contributed by atoms with Crippen molar-refractivity contribution in [1.29, 1.82) is 0 Å².